The summed E-state index contributed by atoms with van der Waals surface area (Å²) in [4.78, 5) is 11.5. The zero-order chi connectivity index (χ0) is 9.97. The highest BCUT2D eigenvalue weighted by molar-refractivity contribution is 6.17. The summed E-state index contributed by atoms with van der Waals surface area (Å²) in [5.74, 6) is 1.29. The predicted molar refractivity (Wildman–Crippen MR) is 56.1 cm³/mol. The van der Waals surface area contributed by atoms with Gasteiger partial charge in [-0.1, -0.05) is 0 Å². The van der Waals surface area contributed by atoms with Crippen LogP contribution in [0.1, 0.15) is 11.4 Å². The minimum atomic E-state index is 0.438. The van der Waals surface area contributed by atoms with Crippen molar-refractivity contribution in [1.29, 1.82) is 0 Å². The molecule has 0 aliphatic heterocycles. The monoisotopic (exact) mass is 207 g/mol. The second-order valence-corrected chi connectivity index (χ2v) is 3.29. The highest BCUT2D eigenvalue weighted by atomic mass is 35.5. The Morgan fingerprint density at radius 1 is 1.36 bits per heavy atom. The van der Waals surface area contributed by atoms with E-state index in [0.717, 1.165) is 22.8 Å². The normalized spacial score (nSPS) is 10.4. The van der Waals surface area contributed by atoms with E-state index >= 15 is 0 Å². The lowest BCUT2D eigenvalue weighted by molar-refractivity contribution is 1.18. The summed E-state index contributed by atoms with van der Waals surface area (Å²) >= 11 is 5.74. The smallest absolute Gasteiger partial charge is 0.137 e. The quantitative estimate of drug-likeness (QED) is 0.769. The topological polar surface area (TPSA) is 41.6 Å². The van der Waals surface area contributed by atoms with E-state index in [9.17, 15) is 0 Å². The van der Waals surface area contributed by atoms with Gasteiger partial charge in [-0.25, -0.2) is 4.98 Å². The molecule has 3 nitrogen and oxygen atoms in total. The summed E-state index contributed by atoms with van der Waals surface area (Å²) in [5.41, 5.74) is 2.95. The van der Waals surface area contributed by atoms with Crippen molar-refractivity contribution in [3.05, 3.63) is 35.9 Å². The third kappa shape index (κ3) is 1.63. The lowest BCUT2D eigenvalue weighted by atomic mass is 10.2. The van der Waals surface area contributed by atoms with E-state index in [1.807, 2.05) is 19.1 Å². The summed E-state index contributed by atoms with van der Waals surface area (Å²) in [7, 11) is 0. The van der Waals surface area contributed by atoms with Crippen LogP contribution in [0, 0.1) is 6.92 Å². The molecule has 0 atom stereocenters. The Balaban J connectivity index is 2.43. The van der Waals surface area contributed by atoms with Gasteiger partial charge >= 0.3 is 0 Å². The minimum Gasteiger partial charge on any atom is -0.342 e. The molecule has 0 spiro atoms. The van der Waals surface area contributed by atoms with Gasteiger partial charge in [0.15, 0.2) is 0 Å². The number of halogens is 1. The number of aromatic nitrogens is 3. The Morgan fingerprint density at radius 2 is 2.07 bits per heavy atom. The predicted octanol–water partition coefficient (Wildman–Crippen LogP) is 2.52. The minimum absolute atomic E-state index is 0.438. The molecule has 72 valence electrons. The maximum Gasteiger partial charge on any atom is 0.137 e. The van der Waals surface area contributed by atoms with E-state index in [1.54, 1.807) is 12.4 Å². The lowest BCUT2D eigenvalue weighted by Gasteiger charge is -1.93. The van der Waals surface area contributed by atoms with Crippen LogP contribution in [0.2, 0.25) is 0 Å². The lowest BCUT2D eigenvalue weighted by Crippen LogP contribution is -1.81. The van der Waals surface area contributed by atoms with Gasteiger partial charge in [-0.15, -0.1) is 11.6 Å². The van der Waals surface area contributed by atoms with Crippen molar-refractivity contribution in [1.82, 2.24) is 15.0 Å². The van der Waals surface area contributed by atoms with Crippen molar-refractivity contribution in [3.8, 4) is 11.4 Å². The number of aryl methyl sites for hydroxylation is 1. The number of H-pyrrole nitrogens is 1. The number of nitrogens with one attached hydrogen (secondary N) is 1. The first kappa shape index (κ1) is 9.21. The van der Waals surface area contributed by atoms with Crippen molar-refractivity contribution >= 4 is 11.6 Å². The van der Waals surface area contributed by atoms with E-state index in [4.69, 9.17) is 11.6 Å². The Bertz CT molecular complexity index is 422. The molecular formula is C10H10ClN3. The van der Waals surface area contributed by atoms with Gasteiger partial charge in [0.1, 0.15) is 5.82 Å². The van der Waals surface area contributed by atoms with E-state index in [1.165, 1.54) is 0 Å². The van der Waals surface area contributed by atoms with Gasteiger partial charge in [-0.2, -0.15) is 0 Å². The van der Waals surface area contributed by atoms with Crippen molar-refractivity contribution in [2.24, 2.45) is 0 Å². The van der Waals surface area contributed by atoms with E-state index < -0.39 is 0 Å². The summed E-state index contributed by atoms with van der Waals surface area (Å²) < 4.78 is 0. The Kier molecular flexibility index (Phi) is 2.50. The molecule has 0 saturated carbocycles. The maximum atomic E-state index is 5.74. The van der Waals surface area contributed by atoms with Crippen molar-refractivity contribution < 1.29 is 0 Å². The van der Waals surface area contributed by atoms with Crippen molar-refractivity contribution in [2.75, 3.05) is 0 Å². The van der Waals surface area contributed by atoms with Gasteiger partial charge < -0.3 is 4.98 Å². The fraction of sp³-hybridized carbons (Fsp3) is 0.200. The van der Waals surface area contributed by atoms with Crippen LogP contribution in [-0.4, -0.2) is 15.0 Å². The fourth-order valence-electron chi connectivity index (χ4n) is 1.27. The molecule has 14 heavy (non-hydrogen) atoms. The van der Waals surface area contributed by atoms with Gasteiger partial charge in [0.05, 0.1) is 11.6 Å². The first-order chi connectivity index (χ1) is 6.81. The molecule has 2 aromatic heterocycles. The molecule has 0 aromatic carbocycles. The second-order valence-electron chi connectivity index (χ2n) is 3.03. The molecule has 2 rings (SSSR count). The number of pyridine rings is 1. The molecule has 2 aromatic rings. The van der Waals surface area contributed by atoms with Crippen LogP contribution in [0.4, 0.5) is 0 Å². The molecule has 4 heteroatoms. The molecule has 0 unspecified atom stereocenters. The van der Waals surface area contributed by atoms with E-state index in [0.29, 0.717) is 5.88 Å². The molecule has 0 radical (unpaired) electrons. The van der Waals surface area contributed by atoms with Gasteiger partial charge in [-0.05, 0) is 19.1 Å². The summed E-state index contributed by atoms with van der Waals surface area (Å²) in [6.07, 6.45) is 3.49. The molecule has 0 aliphatic rings. The number of hydrogen-bond acceptors (Lipinski definition) is 2. The Morgan fingerprint density at radius 3 is 2.64 bits per heavy atom. The van der Waals surface area contributed by atoms with Crippen LogP contribution in [0.5, 0.6) is 0 Å². The first-order valence-electron chi connectivity index (χ1n) is 4.33. The zero-order valence-corrected chi connectivity index (χ0v) is 8.54. The highest BCUT2D eigenvalue weighted by Gasteiger charge is 2.06. The van der Waals surface area contributed by atoms with Crippen LogP contribution >= 0.6 is 11.6 Å². The first-order valence-corrected chi connectivity index (χ1v) is 4.86. The number of rotatable bonds is 2. The van der Waals surface area contributed by atoms with Gasteiger partial charge in [0.2, 0.25) is 0 Å². The molecule has 0 bridgehead atoms. The van der Waals surface area contributed by atoms with E-state index in [-0.39, 0.29) is 0 Å². The summed E-state index contributed by atoms with van der Waals surface area (Å²) in [6, 6.07) is 3.83. The third-order valence-electron chi connectivity index (χ3n) is 2.07. The number of imidazole rings is 1. The molecule has 2 heterocycles. The highest BCUT2D eigenvalue weighted by Crippen LogP contribution is 2.17. The SMILES string of the molecule is Cc1[nH]c(-c2ccncc2)nc1CCl. The van der Waals surface area contributed by atoms with Crippen LogP contribution in [0.15, 0.2) is 24.5 Å². The van der Waals surface area contributed by atoms with Gasteiger partial charge in [0, 0.05) is 23.7 Å². The Labute approximate surface area is 87.2 Å². The average Bonchev–Trinajstić information content (AvgIpc) is 2.61. The summed E-state index contributed by atoms with van der Waals surface area (Å²) in [5, 5.41) is 0. The fourth-order valence-corrected chi connectivity index (χ4v) is 1.53. The standard InChI is InChI=1S/C10H10ClN3/c1-7-9(6-11)14-10(13-7)8-2-4-12-5-3-8/h2-5H,6H2,1H3,(H,13,14). The average molecular weight is 208 g/mol. The van der Waals surface area contributed by atoms with E-state index in [2.05, 4.69) is 15.0 Å². The number of alkyl halides is 1. The number of aromatic amines is 1. The molecule has 0 amide bonds. The maximum absolute atomic E-state index is 5.74. The second kappa shape index (κ2) is 3.80. The van der Waals surface area contributed by atoms with Crippen LogP contribution in [-0.2, 0) is 5.88 Å². The number of hydrogen-bond donors (Lipinski definition) is 1. The largest absolute Gasteiger partial charge is 0.342 e. The zero-order valence-electron chi connectivity index (χ0n) is 7.79. The molecule has 1 N–H and O–H groups in total. The van der Waals surface area contributed by atoms with Crippen LogP contribution in [0.25, 0.3) is 11.4 Å². The third-order valence-corrected chi connectivity index (χ3v) is 2.32. The molecular weight excluding hydrogens is 198 g/mol. The molecule has 0 saturated heterocycles. The van der Waals surface area contributed by atoms with Crippen LogP contribution < -0.4 is 0 Å². The number of nitrogens with zero attached hydrogens (tertiary/aromatic N) is 2. The van der Waals surface area contributed by atoms with Crippen LogP contribution in [0.3, 0.4) is 0 Å². The molecule has 0 aliphatic carbocycles. The van der Waals surface area contributed by atoms with Crippen molar-refractivity contribution in [3.63, 3.8) is 0 Å². The van der Waals surface area contributed by atoms with Gasteiger partial charge in [-0.3, -0.25) is 4.98 Å². The molecule has 0 fully saturated rings. The van der Waals surface area contributed by atoms with Gasteiger partial charge in [0.25, 0.3) is 0 Å². The van der Waals surface area contributed by atoms with Crippen molar-refractivity contribution in [2.45, 2.75) is 12.8 Å². The Hall–Kier alpha value is -1.35. The summed E-state index contributed by atoms with van der Waals surface area (Å²) in [6.45, 7) is 1.97.